The molecule has 1 rings (SSSR count). The molecule has 0 fully saturated rings. The molecule has 6 heteroatoms. The molecule has 1 aromatic carbocycles. The monoisotopic (exact) mass is 326 g/mol. The number of nitrogens with zero attached hydrogens (tertiary/aromatic N) is 1. The fourth-order valence-electron chi connectivity index (χ4n) is 1.45. The van der Waals surface area contributed by atoms with E-state index in [1.54, 1.807) is 6.07 Å². The second-order valence-electron chi connectivity index (χ2n) is 3.98. The van der Waals surface area contributed by atoms with E-state index in [1.807, 2.05) is 19.1 Å². The van der Waals surface area contributed by atoms with Gasteiger partial charge in [0, 0.05) is 11.0 Å². The van der Waals surface area contributed by atoms with Crippen molar-refractivity contribution in [2.75, 3.05) is 18.4 Å². The quantitative estimate of drug-likeness (QED) is 0.817. The molecule has 0 aliphatic heterocycles. The van der Waals surface area contributed by atoms with Crippen LogP contribution >= 0.6 is 15.9 Å². The standard InChI is InChI=1S/C13H15BrN2O3/c1-3-6-16(8-12(17)18)13(19)15-11-5-4-9(2)7-10(11)14/h3-5,7H,1,6,8H2,2H3,(H,15,19)(H,17,18). The second kappa shape index (κ2) is 6.94. The van der Waals surface area contributed by atoms with Gasteiger partial charge in [-0.05, 0) is 40.5 Å². The van der Waals surface area contributed by atoms with Gasteiger partial charge in [-0.1, -0.05) is 12.1 Å². The van der Waals surface area contributed by atoms with Crippen molar-refractivity contribution in [1.29, 1.82) is 0 Å². The third kappa shape index (κ3) is 4.75. The number of carboxylic acids is 1. The third-order valence-electron chi connectivity index (χ3n) is 2.33. The summed E-state index contributed by atoms with van der Waals surface area (Å²) in [4.78, 5) is 23.8. The minimum absolute atomic E-state index is 0.168. The maximum Gasteiger partial charge on any atom is 0.323 e. The summed E-state index contributed by atoms with van der Waals surface area (Å²) in [6, 6.07) is 5.00. The molecule has 0 radical (unpaired) electrons. The van der Waals surface area contributed by atoms with Crippen molar-refractivity contribution < 1.29 is 14.7 Å². The third-order valence-corrected chi connectivity index (χ3v) is 2.99. The Morgan fingerprint density at radius 1 is 1.53 bits per heavy atom. The Kier molecular flexibility index (Phi) is 5.57. The number of urea groups is 1. The van der Waals surface area contributed by atoms with Crippen molar-refractivity contribution >= 4 is 33.6 Å². The number of nitrogens with one attached hydrogen (secondary N) is 1. The van der Waals surface area contributed by atoms with E-state index in [1.165, 1.54) is 6.08 Å². The number of hydrogen-bond donors (Lipinski definition) is 2. The molecule has 5 nitrogen and oxygen atoms in total. The number of aryl methyl sites for hydroxylation is 1. The highest BCUT2D eigenvalue weighted by molar-refractivity contribution is 9.10. The lowest BCUT2D eigenvalue weighted by atomic mass is 10.2. The van der Waals surface area contributed by atoms with Crippen LogP contribution in [-0.4, -0.2) is 35.1 Å². The summed E-state index contributed by atoms with van der Waals surface area (Å²) >= 11 is 3.34. The number of amides is 2. The molecule has 0 aromatic heterocycles. The van der Waals surface area contributed by atoms with Gasteiger partial charge in [0.25, 0.3) is 0 Å². The van der Waals surface area contributed by atoms with Gasteiger partial charge in [-0.25, -0.2) is 4.79 Å². The predicted octanol–water partition coefficient (Wildman–Crippen LogP) is 2.86. The lowest BCUT2D eigenvalue weighted by Gasteiger charge is -2.20. The minimum atomic E-state index is -1.07. The van der Waals surface area contributed by atoms with Gasteiger partial charge in [-0.3, -0.25) is 4.79 Å². The molecule has 1 aromatic rings. The molecular weight excluding hydrogens is 312 g/mol. The first-order valence-corrected chi connectivity index (χ1v) is 6.38. The molecule has 102 valence electrons. The highest BCUT2D eigenvalue weighted by Crippen LogP contribution is 2.23. The number of carbonyl (C=O) groups is 2. The zero-order valence-electron chi connectivity index (χ0n) is 10.5. The summed E-state index contributed by atoms with van der Waals surface area (Å²) in [6.07, 6.45) is 1.48. The van der Waals surface area contributed by atoms with Gasteiger partial charge in [-0.2, -0.15) is 0 Å². The van der Waals surface area contributed by atoms with Gasteiger partial charge in [0.05, 0.1) is 5.69 Å². The highest BCUT2D eigenvalue weighted by Gasteiger charge is 2.16. The largest absolute Gasteiger partial charge is 0.480 e. The predicted molar refractivity (Wildman–Crippen MR) is 77.3 cm³/mol. The molecule has 2 amide bonds. The fourth-order valence-corrected chi connectivity index (χ4v) is 2.05. The summed E-state index contributed by atoms with van der Waals surface area (Å²) in [7, 11) is 0. The van der Waals surface area contributed by atoms with Crippen molar-refractivity contribution in [3.05, 3.63) is 40.9 Å². The van der Waals surface area contributed by atoms with Crippen LogP contribution in [0.2, 0.25) is 0 Å². The van der Waals surface area contributed by atoms with E-state index in [0.29, 0.717) is 5.69 Å². The van der Waals surface area contributed by atoms with Crippen LogP contribution in [0.5, 0.6) is 0 Å². The van der Waals surface area contributed by atoms with Gasteiger partial charge in [0.1, 0.15) is 6.54 Å². The molecule has 0 spiro atoms. The normalized spacial score (nSPS) is 9.79. The van der Waals surface area contributed by atoms with Crippen molar-refractivity contribution in [2.45, 2.75) is 6.92 Å². The first-order valence-electron chi connectivity index (χ1n) is 5.58. The Morgan fingerprint density at radius 2 is 2.21 bits per heavy atom. The summed E-state index contributed by atoms with van der Waals surface area (Å²) in [5, 5.41) is 11.4. The molecule has 0 saturated heterocycles. The van der Waals surface area contributed by atoms with Gasteiger partial charge in [0.15, 0.2) is 0 Å². The summed E-state index contributed by atoms with van der Waals surface area (Å²) in [5.74, 6) is -1.07. The molecule has 0 saturated carbocycles. The molecular formula is C13H15BrN2O3. The van der Waals surface area contributed by atoms with Crippen molar-refractivity contribution in [2.24, 2.45) is 0 Å². The Morgan fingerprint density at radius 3 is 2.74 bits per heavy atom. The van der Waals surface area contributed by atoms with E-state index < -0.39 is 12.0 Å². The zero-order valence-corrected chi connectivity index (χ0v) is 12.1. The minimum Gasteiger partial charge on any atom is -0.480 e. The zero-order chi connectivity index (χ0) is 14.4. The maximum absolute atomic E-state index is 12.0. The second-order valence-corrected chi connectivity index (χ2v) is 4.83. The fraction of sp³-hybridized carbons (Fsp3) is 0.231. The number of hydrogen-bond acceptors (Lipinski definition) is 2. The van der Waals surface area contributed by atoms with Gasteiger partial charge >= 0.3 is 12.0 Å². The van der Waals surface area contributed by atoms with Crippen molar-refractivity contribution in [1.82, 2.24) is 4.90 Å². The van der Waals surface area contributed by atoms with Gasteiger partial charge in [-0.15, -0.1) is 6.58 Å². The Labute approximate surface area is 120 Å². The SMILES string of the molecule is C=CCN(CC(=O)O)C(=O)Nc1ccc(C)cc1Br. The van der Waals surface area contributed by atoms with Crippen LogP contribution in [0.25, 0.3) is 0 Å². The first-order chi connectivity index (χ1) is 8.93. The van der Waals surface area contributed by atoms with Crippen LogP contribution in [0.4, 0.5) is 10.5 Å². The molecule has 0 atom stereocenters. The number of rotatable bonds is 5. The average Bonchev–Trinajstić information content (AvgIpc) is 2.31. The molecule has 0 aliphatic rings. The van der Waals surface area contributed by atoms with Crippen LogP contribution in [0.3, 0.4) is 0 Å². The lowest BCUT2D eigenvalue weighted by molar-refractivity contribution is -0.137. The Hall–Kier alpha value is -1.82. The van der Waals surface area contributed by atoms with Crippen LogP contribution in [0.1, 0.15) is 5.56 Å². The van der Waals surface area contributed by atoms with Crippen LogP contribution < -0.4 is 5.32 Å². The van der Waals surface area contributed by atoms with Crippen LogP contribution in [0.15, 0.2) is 35.3 Å². The van der Waals surface area contributed by atoms with E-state index in [4.69, 9.17) is 5.11 Å². The molecule has 0 bridgehead atoms. The molecule has 19 heavy (non-hydrogen) atoms. The van der Waals surface area contributed by atoms with Crippen molar-refractivity contribution in [3.63, 3.8) is 0 Å². The first kappa shape index (κ1) is 15.2. The average molecular weight is 327 g/mol. The number of carbonyl (C=O) groups excluding carboxylic acids is 1. The van der Waals surface area contributed by atoms with E-state index >= 15 is 0 Å². The highest BCUT2D eigenvalue weighted by atomic mass is 79.9. The summed E-state index contributed by atoms with van der Waals surface area (Å²) in [5.41, 5.74) is 1.65. The molecule has 0 unspecified atom stereocenters. The van der Waals surface area contributed by atoms with Gasteiger partial charge in [0.2, 0.25) is 0 Å². The molecule has 0 aliphatic carbocycles. The van der Waals surface area contributed by atoms with E-state index in [9.17, 15) is 9.59 Å². The van der Waals surface area contributed by atoms with Gasteiger partial charge < -0.3 is 15.3 Å². The van der Waals surface area contributed by atoms with Crippen LogP contribution in [0, 0.1) is 6.92 Å². The maximum atomic E-state index is 12.0. The van der Waals surface area contributed by atoms with E-state index in [0.717, 1.165) is 14.9 Å². The molecule has 2 N–H and O–H groups in total. The van der Waals surface area contributed by atoms with E-state index in [-0.39, 0.29) is 13.1 Å². The lowest BCUT2D eigenvalue weighted by Crippen LogP contribution is -2.38. The summed E-state index contributed by atoms with van der Waals surface area (Å²) in [6.45, 7) is 5.23. The number of halogens is 1. The number of benzene rings is 1. The number of aliphatic carboxylic acids is 1. The number of carboxylic acid groups (broad SMARTS) is 1. The summed E-state index contributed by atoms with van der Waals surface area (Å²) < 4.78 is 0.745. The Bertz CT molecular complexity index is 503. The smallest absolute Gasteiger partial charge is 0.323 e. The van der Waals surface area contributed by atoms with E-state index in [2.05, 4.69) is 27.8 Å². The number of anilines is 1. The molecule has 0 heterocycles. The van der Waals surface area contributed by atoms with Crippen LogP contribution in [-0.2, 0) is 4.79 Å². The topological polar surface area (TPSA) is 69.6 Å². The Balaban J connectivity index is 2.80. The van der Waals surface area contributed by atoms with Crippen molar-refractivity contribution in [3.8, 4) is 0 Å².